The number of likely N-dealkylation sites (tertiary alicyclic amines) is 1. The fourth-order valence-corrected chi connectivity index (χ4v) is 5.75. The lowest BCUT2D eigenvalue weighted by molar-refractivity contribution is 0.199. The van der Waals surface area contributed by atoms with Crippen molar-refractivity contribution in [2.45, 2.75) is 32.7 Å². The molecule has 1 atom stereocenters. The maximum atomic E-state index is 13.6. The molecule has 4 aromatic rings. The Hall–Kier alpha value is -3.09. The van der Waals surface area contributed by atoms with Crippen LogP contribution in [0.1, 0.15) is 47.5 Å². The molecule has 168 valence electrons. The van der Waals surface area contributed by atoms with Crippen LogP contribution in [0.5, 0.6) is 0 Å². The van der Waals surface area contributed by atoms with Crippen LogP contribution in [0.15, 0.2) is 77.2 Å². The van der Waals surface area contributed by atoms with Gasteiger partial charge in [0, 0.05) is 42.0 Å². The number of rotatable bonds is 4. The number of piperidine rings is 1. The van der Waals surface area contributed by atoms with Gasteiger partial charge in [-0.15, -0.1) is 0 Å². The average Bonchev–Trinajstić information content (AvgIpc) is 3.26. The molecule has 6 heteroatoms. The smallest absolute Gasteiger partial charge is 0.258 e. The Labute approximate surface area is 196 Å². The Balaban J connectivity index is 1.42. The lowest BCUT2D eigenvalue weighted by Gasteiger charge is -2.34. The predicted octanol–water partition coefficient (Wildman–Crippen LogP) is 5.86. The first-order valence-electron chi connectivity index (χ1n) is 11.3. The zero-order valence-electron chi connectivity index (χ0n) is 18.8. The summed E-state index contributed by atoms with van der Waals surface area (Å²) in [4.78, 5) is 21.2. The zero-order chi connectivity index (χ0) is 22.9. The number of aromatic nitrogens is 2. The first kappa shape index (κ1) is 21.7. The molecule has 5 rings (SSSR count). The summed E-state index contributed by atoms with van der Waals surface area (Å²) in [7, 11) is 0. The fraction of sp³-hybridized carbons (Fsp3) is 0.259. The fourth-order valence-electron chi connectivity index (χ4n) is 4.63. The van der Waals surface area contributed by atoms with Crippen molar-refractivity contribution in [3.8, 4) is 0 Å². The van der Waals surface area contributed by atoms with E-state index < -0.39 is 0 Å². The number of hydrogen-bond donors (Lipinski definition) is 0. The molecule has 1 unspecified atom stereocenters. The Morgan fingerprint density at radius 2 is 1.70 bits per heavy atom. The molecule has 0 N–H and O–H groups in total. The predicted molar refractivity (Wildman–Crippen MR) is 132 cm³/mol. The van der Waals surface area contributed by atoms with Crippen LogP contribution in [-0.2, 0) is 0 Å². The van der Waals surface area contributed by atoms with Gasteiger partial charge >= 0.3 is 0 Å². The standard InChI is InChI=1S/C27H26FN3OS/c1-18-16-25(32)31-17-24(33-27(31)29-18)19(2)30-14-12-22(13-15-30)26(20-6-4-3-5-7-20)21-8-10-23(28)11-9-21/h3-11,16-17,19H,12-15H2,1-2H3. The van der Waals surface area contributed by atoms with Crippen LogP contribution < -0.4 is 5.56 Å². The highest BCUT2D eigenvalue weighted by Crippen LogP contribution is 2.35. The van der Waals surface area contributed by atoms with E-state index in [4.69, 9.17) is 0 Å². The first-order chi connectivity index (χ1) is 16.0. The van der Waals surface area contributed by atoms with E-state index in [1.165, 1.54) is 28.8 Å². The summed E-state index contributed by atoms with van der Waals surface area (Å²) in [5, 5.41) is 0. The lowest BCUT2D eigenvalue weighted by Crippen LogP contribution is -2.33. The Bertz CT molecular complexity index is 1360. The van der Waals surface area contributed by atoms with Gasteiger partial charge in [-0.2, -0.15) is 0 Å². The van der Waals surface area contributed by atoms with Gasteiger partial charge in [-0.25, -0.2) is 9.37 Å². The zero-order valence-corrected chi connectivity index (χ0v) is 19.6. The van der Waals surface area contributed by atoms with Crippen LogP contribution in [0, 0.1) is 12.7 Å². The number of halogens is 1. The third-order valence-corrected chi connectivity index (χ3v) is 7.58. The second kappa shape index (κ2) is 9.04. The van der Waals surface area contributed by atoms with E-state index in [0.717, 1.165) is 47.0 Å². The van der Waals surface area contributed by atoms with Crippen molar-refractivity contribution in [3.05, 3.63) is 110 Å². The van der Waals surface area contributed by atoms with Crippen molar-refractivity contribution in [3.63, 3.8) is 0 Å². The summed E-state index contributed by atoms with van der Waals surface area (Å²) in [5.41, 5.74) is 5.58. The molecule has 2 aromatic carbocycles. The van der Waals surface area contributed by atoms with Gasteiger partial charge in [-0.3, -0.25) is 14.1 Å². The molecule has 3 heterocycles. The highest BCUT2D eigenvalue weighted by molar-refractivity contribution is 7.17. The highest BCUT2D eigenvalue weighted by Gasteiger charge is 2.24. The Morgan fingerprint density at radius 3 is 2.39 bits per heavy atom. The molecule has 0 amide bonds. The normalized spacial score (nSPS) is 15.7. The van der Waals surface area contributed by atoms with Gasteiger partial charge in [0.1, 0.15) is 5.82 Å². The van der Waals surface area contributed by atoms with Crippen molar-refractivity contribution < 1.29 is 4.39 Å². The van der Waals surface area contributed by atoms with Crippen molar-refractivity contribution >= 4 is 21.9 Å². The third kappa shape index (κ3) is 4.41. The van der Waals surface area contributed by atoms with E-state index >= 15 is 0 Å². The summed E-state index contributed by atoms with van der Waals surface area (Å²) in [6.07, 6.45) is 3.85. The first-order valence-corrected chi connectivity index (χ1v) is 12.1. The third-order valence-electron chi connectivity index (χ3n) is 6.42. The second-order valence-corrected chi connectivity index (χ2v) is 9.63. The van der Waals surface area contributed by atoms with Gasteiger partial charge < -0.3 is 0 Å². The van der Waals surface area contributed by atoms with Crippen LogP contribution in [0.25, 0.3) is 10.5 Å². The van der Waals surface area contributed by atoms with Gasteiger partial charge in [0.05, 0.1) is 0 Å². The number of hydrogen-bond acceptors (Lipinski definition) is 4. The van der Waals surface area contributed by atoms with Gasteiger partial charge in [0.25, 0.3) is 5.56 Å². The Kier molecular flexibility index (Phi) is 5.96. The molecular formula is C27H26FN3OS. The van der Waals surface area contributed by atoms with Crippen LogP contribution in [0.4, 0.5) is 4.39 Å². The van der Waals surface area contributed by atoms with Crippen LogP contribution in [-0.4, -0.2) is 27.4 Å². The molecule has 1 aliphatic rings. The van der Waals surface area contributed by atoms with Gasteiger partial charge in [0.15, 0.2) is 4.96 Å². The van der Waals surface area contributed by atoms with Crippen molar-refractivity contribution in [1.29, 1.82) is 0 Å². The van der Waals surface area contributed by atoms with Crippen LogP contribution in [0.3, 0.4) is 0 Å². The van der Waals surface area contributed by atoms with Gasteiger partial charge in [0.2, 0.25) is 0 Å². The van der Waals surface area contributed by atoms with E-state index in [-0.39, 0.29) is 17.4 Å². The largest absolute Gasteiger partial charge is 0.295 e. The minimum atomic E-state index is -0.216. The molecule has 0 bridgehead atoms. The molecular weight excluding hydrogens is 433 g/mol. The maximum absolute atomic E-state index is 13.6. The van der Waals surface area contributed by atoms with Gasteiger partial charge in [-0.1, -0.05) is 59.4 Å². The monoisotopic (exact) mass is 459 g/mol. The number of benzene rings is 2. The molecule has 0 saturated carbocycles. The summed E-state index contributed by atoms with van der Waals surface area (Å²) in [6.45, 7) is 5.93. The topological polar surface area (TPSA) is 37.6 Å². The van der Waals surface area contributed by atoms with E-state index in [9.17, 15) is 9.18 Å². The van der Waals surface area contributed by atoms with Crippen molar-refractivity contribution in [2.24, 2.45) is 0 Å². The van der Waals surface area contributed by atoms with Crippen molar-refractivity contribution in [2.75, 3.05) is 13.1 Å². The van der Waals surface area contributed by atoms with E-state index in [0.29, 0.717) is 0 Å². The molecule has 0 spiro atoms. The lowest BCUT2D eigenvalue weighted by atomic mass is 9.88. The molecule has 33 heavy (non-hydrogen) atoms. The average molecular weight is 460 g/mol. The SMILES string of the molecule is Cc1cc(=O)n2cc(C(C)N3CCC(=C(c4ccccc4)c4ccc(F)cc4)CC3)sc2n1. The van der Waals surface area contributed by atoms with Crippen LogP contribution >= 0.6 is 11.3 Å². The molecule has 4 nitrogen and oxygen atoms in total. The number of aryl methyl sites for hydroxylation is 1. The summed E-state index contributed by atoms with van der Waals surface area (Å²) >= 11 is 1.59. The summed E-state index contributed by atoms with van der Waals surface area (Å²) < 4.78 is 15.2. The quantitative estimate of drug-likeness (QED) is 0.383. The second-order valence-electron chi connectivity index (χ2n) is 8.59. The van der Waals surface area contributed by atoms with E-state index in [1.54, 1.807) is 21.8 Å². The molecule has 0 radical (unpaired) electrons. The summed E-state index contributed by atoms with van der Waals surface area (Å²) in [5.74, 6) is -0.216. The van der Waals surface area contributed by atoms with Crippen molar-refractivity contribution in [1.82, 2.24) is 14.3 Å². The molecule has 1 fully saturated rings. The molecule has 1 aliphatic heterocycles. The maximum Gasteiger partial charge on any atom is 0.258 e. The Morgan fingerprint density at radius 1 is 1.03 bits per heavy atom. The minimum absolute atomic E-state index is 0.0251. The van der Waals surface area contributed by atoms with E-state index in [2.05, 4.69) is 41.1 Å². The number of nitrogens with zero attached hydrogens (tertiary/aromatic N) is 3. The van der Waals surface area contributed by atoms with E-state index in [1.807, 2.05) is 31.3 Å². The van der Waals surface area contributed by atoms with Gasteiger partial charge in [-0.05, 0) is 55.5 Å². The summed E-state index contributed by atoms with van der Waals surface area (Å²) in [6, 6.07) is 19.0. The van der Waals surface area contributed by atoms with Crippen LogP contribution in [0.2, 0.25) is 0 Å². The highest BCUT2D eigenvalue weighted by atomic mass is 32.1. The number of thiazole rings is 1. The number of fused-ring (bicyclic) bond motifs is 1. The molecule has 0 aliphatic carbocycles. The minimum Gasteiger partial charge on any atom is -0.295 e. The molecule has 1 saturated heterocycles. The molecule has 2 aromatic heterocycles.